The zero-order valence-electron chi connectivity index (χ0n) is 11.4. The highest BCUT2D eigenvalue weighted by molar-refractivity contribution is 7.18. The molecule has 0 aliphatic heterocycles. The van der Waals surface area contributed by atoms with Gasteiger partial charge in [0.05, 0.1) is 10.2 Å². The van der Waals surface area contributed by atoms with E-state index >= 15 is 0 Å². The quantitative estimate of drug-likeness (QED) is 0.881. The molecule has 19 heavy (non-hydrogen) atoms. The third-order valence-electron chi connectivity index (χ3n) is 2.63. The standard InChI is InChI=1S/C13H18N4OS/c1-8(2)17-10(18)4-5-14-13-12-11(15-7-16-13)9(3)6-19-12/h6-8H,4-5H2,1-3H3,(H,17,18)(H,14,15,16). The predicted octanol–water partition coefficient (Wildman–Crippen LogP) is 2.33. The minimum atomic E-state index is 0.0511. The van der Waals surface area contributed by atoms with E-state index in [4.69, 9.17) is 0 Å². The molecule has 0 atom stereocenters. The van der Waals surface area contributed by atoms with Crippen molar-refractivity contribution in [1.82, 2.24) is 15.3 Å². The number of aromatic nitrogens is 2. The first-order valence-electron chi connectivity index (χ1n) is 6.30. The van der Waals surface area contributed by atoms with E-state index in [1.807, 2.05) is 20.8 Å². The van der Waals surface area contributed by atoms with Crippen LogP contribution < -0.4 is 10.6 Å². The van der Waals surface area contributed by atoms with E-state index in [1.165, 1.54) is 0 Å². The third-order valence-corrected chi connectivity index (χ3v) is 3.72. The normalized spacial score (nSPS) is 10.9. The molecule has 2 N–H and O–H groups in total. The Morgan fingerprint density at radius 1 is 1.42 bits per heavy atom. The monoisotopic (exact) mass is 278 g/mol. The summed E-state index contributed by atoms with van der Waals surface area (Å²) in [7, 11) is 0. The molecule has 0 bridgehead atoms. The molecular formula is C13H18N4OS. The van der Waals surface area contributed by atoms with Gasteiger partial charge in [-0.1, -0.05) is 0 Å². The first-order chi connectivity index (χ1) is 9.08. The third kappa shape index (κ3) is 3.41. The van der Waals surface area contributed by atoms with Crippen molar-refractivity contribution in [3.63, 3.8) is 0 Å². The summed E-state index contributed by atoms with van der Waals surface area (Å²) in [5.74, 6) is 0.857. The van der Waals surface area contributed by atoms with E-state index in [2.05, 4.69) is 26.0 Å². The number of hydrogen-bond donors (Lipinski definition) is 2. The van der Waals surface area contributed by atoms with E-state index in [0.717, 1.165) is 21.6 Å². The van der Waals surface area contributed by atoms with E-state index in [9.17, 15) is 4.79 Å². The maximum Gasteiger partial charge on any atom is 0.221 e. The highest BCUT2D eigenvalue weighted by Gasteiger charge is 2.08. The van der Waals surface area contributed by atoms with E-state index < -0.39 is 0 Å². The zero-order chi connectivity index (χ0) is 13.8. The highest BCUT2D eigenvalue weighted by Crippen LogP contribution is 2.28. The van der Waals surface area contributed by atoms with E-state index in [0.29, 0.717) is 13.0 Å². The molecule has 2 aromatic rings. The van der Waals surface area contributed by atoms with Crippen molar-refractivity contribution in [1.29, 1.82) is 0 Å². The van der Waals surface area contributed by atoms with Crippen LogP contribution in [0.25, 0.3) is 10.2 Å². The topological polar surface area (TPSA) is 66.9 Å². The Morgan fingerprint density at radius 3 is 2.95 bits per heavy atom. The summed E-state index contributed by atoms with van der Waals surface area (Å²) in [5.41, 5.74) is 2.14. The molecule has 0 saturated carbocycles. The van der Waals surface area contributed by atoms with Crippen molar-refractivity contribution < 1.29 is 4.79 Å². The van der Waals surface area contributed by atoms with Crippen molar-refractivity contribution in [3.05, 3.63) is 17.3 Å². The minimum absolute atomic E-state index is 0.0511. The smallest absolute Gasteiger partial charge is 0.221 e. The van der Waals surface area contributed by atoms with Crippen LogP contribution in [0.2, 0.25) is 0 Å². The second kappa shape index (κ2) is 5.97. The molecule has 0 spiro atoms. The molecule has 0 unspecified atom stereocenters. The molecule has 0 saturated heterocycles. The van der Waals surface area contributed by atoms with Crippen molar-refractivity contribution in [3.8, 4) is 0 Å². The van der Waals surface area contributed by atoms with Gasteiger partial charge in [0.2, 0.25) is 5.91 Å². The fourth-order valence-corrected chi connectivity index (χ4v) is 2.75. The van der Waals surface area contributed by atoms with Crippen LogP contribution in [0.1, 0.15) is 25.8 Å². The SMILES string of the molecule is Cc1csc2c(NCCC(=O)NC(C)C)ncnc12. The number of carbonyl (C=O) groups is 1. The molecule has 102 valence electrons. The number of aryl methyl sites for hydroxylation is 1. The van der Waals surface area contributed by atoms with Gasteiger partial charge < -0.3 is 10.6 Å². The van der Waals surface area contributed by atoms with E-state index in [1.54, 1.807) is 17.7 Å². The van der Waals surface area contributed by atoms with Crippen molar-refractivity contribution in [2.45, 2.75) is 33.2 Å². The van der Waals surface area contributed by atoms with Gasteiger partial charge in [-0.05, 0) is 31.7 Å². The van der Waals surface area contributed by atoms with Gasteiger partial charge in [0.15, 0.2) is 0 Å². The number of fused-ring (bicyclic) bond motifs is 1. The molecule has 0 radical (unpaired) electrons. The lowest BCUT2D eigenvalue weighted by atomic mass is 10.3. The van der Waals surface area contributed by atoms with Gasteiger partial charge in [-0.25, -0.2) is 9.97 Å². The fourth-order valence-electron chi connectivity index (χ4n) is 1.78. The molecule has 0 aliphatic carbocycles. The summed E-state index contributed by atoms with van der Waals surface area (Å²) in [4.78, 5) is 20.0. The molecule has 1 amide bonds. The molecule has 2 aromatic heterocycles. The maximum absolute atomic E-state index is 11.5. The zero-order valence-corrected chi connectivity index (χ0v) is 12.2. The molecule has 0 aliphatic rings. The molecule has 0 aromatic carbocycles. The van der Waals surface area contributed by atoms with Gasteiger partial charge in [-0.3, -0.25) is 4.79 Å². The van der Waals surface area contributed by atoms with Crippen LogP contribution in [-0.2, 0) is 4.79 Å². The lowest BCUT2D eigenvalue weighted by Gasteiger charge is -2.09. The Hall–Kier alpha value is -1.69. The lowest BCUT2D eigenvalue weighted by Crippen LogP contribution is -2.31. The van der Waals surface area contributed by atoms with Crippen LogP contribution in [-0.4, -0.2) is 28.5 Å². The van der Waals surface area contributed by atoms with Crippen molar-refractivity contribution in [2.75, 3.05) is 11.9 Å². The maximum atomic E-state index is 11.5. The number of thiophene rings is 1. The molecular weight excluding hydrogens is 260 g/mol. The Kier molecular flexibility index (Phi) is 4.31. The van der Waals surface area contributed by atoms with Crippen molar-refractivity contribution in [2.24, 2.45) is 0 Å². The fraction of sp³-hybridized carbons (Fsp3) is 0.462. The van der Waals surface area contributed by atoms with Gasteiger partial charge in [-0.2, -0.15) is 0 Å². The number of hydrogen-bond acceptors (Lipinski definition) is 5. The van der Waals surface area contributed by atoms with E-state index in [-0.39, 0.29) is 11.9 Å². The van der Waals surface area contributed by atoms with Crippen LogP contribution in [0.3, 0.4) is 0 Å². The summed E-state index contributed by atoms with van der Waals surface area (Å²) in [5, 5.41) is 8.13. The lowest BCUT2D eigenvalue weighted by molar-refractivity contribution is -0.121. The Bertz CT molecular complexity index is 579. The Morgan fingerprint density at radius 2 is 2.21 bits per heavy atom. The van der Waals surface area contributed by atoms with Crippen LogP contribution in [0.5, 0.6) is 0 Å². The number of amides is 1. The Labute approximate surface area is 116 Å². The van der Waals surface area contributed by atoms with Gasteiger partial charge in [0.1, 0.15) is 12.1 Å². The molecule has 2 heterocycles. The first-order valence-corrected chi connectivity index (χ1v) is 7.18. The molecule has 6 heteroatoms. The number of nitrogens with zero attached hydrogens (tertiary/aromatic N) is 2. The second-order valence-electron chi connectivity index (χ2n) is 4.72. The van der Waals surface area contributed by atoms with Gasteiger partial charge >= 0.3 is 0 Å². The second-order valence-corrected chi connectivity index (χ2v) is 5.60. The molecule has 5 nitrogen and oxygen atoms in total. The first kappa shape index (κ1) is 13.7. The van der Waals surface area contributed by atoms with Crippen LogP contribution in [0.4, 0.5) is 5.82 Å². The van der Waals surface area contributed by atoms with Crippen molar-refractivity contribution >= 4 is 33.3 Å². The average Bonchev–Trinajstić information content (AvgIpc) is 2.71. The Balaban J connectivity index is 1.97. The van der Waals surface area contributed by atoms with Crippen LogP contribution >= 0.6 is 11.3 Å². The number of rotatable bonds is 5. The van der Waals surface area contributed by atoms with Crippen LogP contribution in [0, 0.1) is 6.92 Å². The molecule has 2 rings (SSSR count). The summed E-state index contributed by atoms with van der Waals surface area (Å²) in [6.45, 7) is 6.51. The average molecular weight is 278 g/mol. The number of anilines is 1. The van der Waals surface area contributed by atoms with Gasteiger partial charge in [0.25, 0.3) is 0 Å². The largest absolute Gasteiger partial charge is 0.368 e. The summed E-state index contributed by atoms with van der Waals surface area (Å²) in [6.07, 6.45) is 1.99. The summed E-state index contributed by atoms with van der Waals surface area (Å²) >= 11 is 1.62. The minimum Gasteiger partial charge on any atom is -0.368 e. The van der Waals surface area contributed by atoms with Gasteiger partial charge in [-0.15, -0.1) is 11.3 Å². The highest BCUT2D eigenvalue weighted by atomic mass is 32.1. The summed E-state index contributed by atoms with van der Waals surface area (Å²) in [6, 6.07) is 0.179. The summed E-state index contributed by atoms with van der Waals surface area (Å²) < 4.78 is 1.05. The number of carbonyl (C=O) groups excluding carboxylic acids is 1. The predicted molar refractivity (Wildman–Crippen MR) is 78.5 cm³/mol. The van der Waals surface area contributed by atoms with Crippen LogP contribution in [0.15, 0.2) is 11.7 Å². The van der Waals surface area contributed by atoms with Gasteiger partial charge in [0, 0.05) is 19.0 Å². The number of nitrogens with one attached hydrogen (secondary N) is 2. The molecule has 0 fully saturated rings.